The molecule has 0 aliphatic carbocycles. The molecule has 0 bridgehead atoms. The minimum atomic E-state index is -0.351. The highest BCUT2D eigenvalue weighted by atomic mass is 19.1. The molecule has 0 fully saturated rings. The highest BCUT2D eigenvalue weighted by molar-refractivity contribution is 5.76. The SMILES string of the molecule is CC(=O)COCCCOCCCOc1ccccc1F. The van der Waals surface area contributed by atoms with Crippen molar-refractivity contribution in [2.45, 2.75) is 19.8 Å². The van der Waals surface area contributed by atoms with Gasteiger partial charge in [0.2, 0.25) is 0 Å². The zero-order chi connectivity index (χ0) is 14.6. The smallest absolute Gasteiger partial charge is 0.165 e. The number of hydrogen-bond acceptors (Lipinski definition) is 4. The van der Waals surface area contributed by atoms with Gasteiger partial charge in [0.1, 0.15) is 6.61 Å². The quantitative estimate of drug-likeness (QED) is 0.586. The molecule has 1 aromatic rings. The summed E-state index contributed by atoms with van der Waals surface area (Å²) in [6, 6.07) is 6.32. The summed E-state index contributed by atoms with van der Waals surface area (Å²) < 4.78 is 29.0. The van der Waals surface area contributed by atoms with Crippen molar-refractivity contribution in [2.24, 2.45) is 0 Å². The molecule has 20 heavy (non-hydrogen) atoms. The Hall–Kier alpha value is -1.46. The monoisotopic (exact) mass is 284 g/mol. The van der Waals surface area contributed by atoms with Crippen molar-refractivity contribution >= 4 is 5.78 Å². The van der Waals surface area contributed by atoms with Crippen molar-refractivity contribution in [3.63, 3.8) is 0 Å². The number of para-hydroxylation sites is 1. The second-order valence-corrected chi connectivity index (χ2v) is 4.35. The first kappa shape index (κ1) is 16.6. The molecule has 0 saturated carbocycles. The Morgan fingerprint density at radius 3 is 2.40 bits per heavy atom. The molecule has 0 heterocycles. The van der Waals surface area contributed by atoms with Crippen molar-refractivity contribution in [3.05, 3.63) is 30.1 Å². The van der Waals surface area contributed by atoms with Crippen LogP contribution in [0.25, 0.3) is 0 Å². The zero-order valence-electron chi connectivity index (χ0n) is 11.8. The Morgan fingerprint density at radius 1 is 1.05 bits per heavy atom. The van der Waals surface area contributed by atoms with Crippen molar-refractivity contribution in [3.8, 4) is 5.75 Å². The van der Waals surface area contributed by atoms with Gasteiger partial charge < -0.3 is 14.2 Å². The second-order valence-electron chi connectivity index (χ2n) is 4.35. The van der Waals surface area contributed by atoms with Crippen LogP contribution in [0.15, 0.2) is 24.3 Å². The standard InChI is InChI=1S/C15H21FO4/c1-13(17)12-19-10-4-8-18-9-5-11-20-15-7-3-2-6-14(15)16/h2-3,6-7H,4-5,8-12H2,1H3. The number of rotatable bonds is 11. The minimum absolute atomic E-state index is 0.0243. The van der Waals surface area contributed by atoms with Crippen molar-refractivity contribution in [1.29, 1.82) is 0 Å². The summed E-state index contributed by atoms with van der Waals surface area (Å²) in [6.45, 7) is 3.73. The van der Waals surface area contributed by atoms with Crippen molar-refractivity contribution < 1.29 is 23.4 Å². The molecule has 0 aromatic heterocycles. The fraction of sp³-hybridized carbons (Fsp3) is 0.533. The number of halogens is 1. The molecule has 4 nitrogen and oxygen atoms in total. The summed E-state index contributed by atoms with van der Waals surface area (Å²) in [5.74, 6) is -0.0580. The van der Waals surface area contributed by atoms with E-state index in [9.17, 15) is 9.18 Å². The van der Waals surface area contributed by atoms with Gasteiger partial charge in [-0.3, -0.25) is 4.79 Å². The molecule has 1 aromatic carbocycles. The van der Waals surface area contributed by atoms with Gasteiger partial charge >= 0.3 is 0 Å². The molecule has 0 radical (unpaired) electrons. The van der Waals surface area contributed by atoms with Crippen LogP contribution >= 0.6 is 0 Å². The fourth-order valence-corrected chi connectivity index (χ4v) is 1.49. The lowest BCUT2D eigenvalue weighted by molar-refractivity contribution is -0.121. The van der Waals surface area contributed by atoms with E-state index in [1.165, 1.54) is 13.0 Å². The Balaban J connectivity index is 1.90. The van der Waals surface area contributed by atoms with Crippen molar-refractivity contribution in [2.75, 3.05) is 33.0 Å². The molecule has 0 aliphatic heterocycles. The third-order valence-electron chi connectivity index (χ3n) is 2.41. The summed E-state index contributed by atoms with van der Waals surface area (Å²) >= 11 is 0. The average molecular weight is 284 g/mol. The molecule has 0 amide bonds. The number of carbonyl (C=O) groups is 1. The number of ether oxygens (including phenoxy) is 3. The first-order valence-electron chi connectivity index (χ1n) is 6.72. The van der Waals surface area contributed by atoms with Gasteiger partial charge in [-0.15, -0.1) is 0 Å². The average Bonchev–Trinajstić information content (AvgIpc) is 2.42. The summed E-state index contributed by atoms with van der Waals surface area (Å²) in [7, 11) is 0. The first-order valence-corrected chi connectivity index (χ1v) is 6.72. The third-order valence-corrected chi connectivity index (χ3v) is 2.41. The molecule has 5 heteroatoms. The van der Waals surface area contributed by atoms with Crippen LogP contribution in [0.5, 0.6) is 5.75 Å². The van der Waals surface area contributed by atoms with Crippen LogP contribution in [0.4, 0.5) is 4.39 Å². The predicted octanol–water partition coefficient (Wildman–Crippen LogP) is 2.61. The molecule has 0 atom stereocenters. The number of benzene rings is 1. The largest absolute Gasteiger partial charge is 0.490 e. The highest BCUT2D eigenvalue weighted by Crippen LogP contribution is 2.15. The summed E-state index contributed by atoms with van der Waals surface area (Å²) in [6.07, 6.45) is 1.45. The predicted molar refractivity (Wildman–Crippen MR) is 73.4 cm³/mol. The molecule has 1 rings (SSSR count). The lowest BCUT2D eigenvalue weighted by atomic mass is 10.3. The van der Waals surface area contributed by atoms with Gasteiger partial charge in [-0.1, -0.05) is 12.1 Å². The van der Waals surface area contributed by atoms with E-state index in [2.05, 4.69) is 0 Å². The van der Waals surface area contributed by atoms with Crippen LogP contribution in [0.3, 0.4) is 0 Å². The van der Waals surface area contributed by atoms with Crippen molar-refractivity contribution in [1.82, 2.24) is 0 Å². The maximum Gasteiger partial charge on any atom is 0.165 e. The highest BCUT2D eigenvalue weighted by Gasteiger charge is 2.00. The maximum absolute atomic E-state index is 13.2. The van der Waals surface area contributed by atoms with E-state index >= 15 is 0 Å². The first-order chi connectivity index (χ1) is 9.70. The van der Waals surface area contributed by atoms with E-state index in [4.69, 9.17) is 14.2 Å². The second kappa shape index (κ2) is 10.3. The van der Waals surface area contributed by atoms with Gasteiger partial charge in [0.15, 0.2) is 17.3 Å². The summed E-state index contributed by atoms with van der Waals surface area (Å²) in [4.78, 5) is 10.6. The van der Waals surface area contributed by atoms with E-state index in [0.29, 0.717) is 32.8 Å². The van der Waals surface area contributed by atoms with Crippen LogP contribution < -0.4 is 4.74 Å². The van der Waals surface area contributed by atoms with Crippen LogP contribution in [0, 0.1) is 5.82 Å². The Bertz CT molecular complexity index is 395. The van der Waals surface area contributed by atoms with Crippen LogP contribution in [0.2, 0.25) is 0 Å². The number of ketones is 1. The van der Waals surface area contributed by atoms with Gasteiger partial charge in [-0.05, 0) is 25.5 Å². The lowest BCUT2D eigenvalue weighted by Crippen LogP contribution is -2.08. The summed E-state index contributed by atoms with van der Waals surface area (Å²) in [5.41, 5.74) is 0. The lowest BCUT2D eigenvalue weighted by Gasteiger charge is -2.07. The van der Waals surface area contributed by atoms with Crippen LogP contribution in [-0.4, -0.2) is 38.8 Å². The van der Waals surface area contributed by atoms with Gasteiger partial charge in [0, 0.05) is 26.2 Å². The topological polar surface area (TPSA) is 44.8 Å². The normalized spacial score (nSPS) is 10.5. The molecule has 0 saturated heterocycles. The van der Waals surface area contributed by atoms with E-state index in [1.807, 2.05) is 0 Å². The van der Waals surface area contributed by atoms with Gasteiger partial charge in [0.05, 0.1) is 6.61 Å². The molecule has 112 valence electrons. The molecule has 0 aliphatic rings. The summed E-state index contributed by atoms with van der Waals surface area (Å²) in [5, 5.41) is 0. The van der Waals surface area contributed by atoms with Crippen LogP contribution in [-0.2, 0) is 14.3 Å². The minimum Gasteiger partial charge on any atom is -0.490 e. The molecular weight excluding hydrogens is 263 g/mol. The van der Waals surface area contributed by atoms with E-state index < -0.39 is 0 Å². The number of hydrogen-bond donors (Lipinski definition) is 0. The molecule has 0 N–H and O–H groups in total. The molecular formula is C15H21FO4. The van der Waals surface area contributed by atoms with Gasteiger partial charge in [-0.25, -0.2) is 4.39 Å². The van der Waals surface area contributed by atoms with E-state index in [-0.39, 0.29) is 24.0 Å². The van der Waals surface area contributed by atoms with E-state index in [0.717, 1.165) is 6.42 Å². The van der Waals surface area contributed by atoms with Gasteiger partial charge in [-0.2, -0.15) is 0 Å². The Labute approximate surface area is 118 Å². The maximum atomic E-state index is 13.2. The molecule has 0 unspecified atom stereocenters. The fourth-order valence-electron chi connectivity index (χ4n) is 1.49. The van der Waals surface area contributed by atoms with E-state index in [1.54, 1.807) is 18.2 Å². The molecule has 0 spiro atoms. The number of Topliss-reactive ketones (excluding diaryl/α,β-unsaturated/α-hetero) is 1. The Kier molecular flexibility index (Phi) is 8.58. The number of carbonyl (C=O) groups excluding carboxylic acids is 1. The Morgan fingerprint density at radius 2 is 1.70 bits per heavy atom. The van der Waals surface area contributed by atoms with Crippen LogP contribution in [0.1, 0.15) is 19.8 Å². The van der Waals surface area contributed by atoms with Gasteiger partial charge in [0.25, 0.3) is 0 Å². The third kappa shape index (κ3) is 7.86. The zero-order valence-corrected chi connectivity index (χ0v) is 11.8.